The number of nitrogens with zero attached hydrogens (tertiary/aromatic N) is 8. The van der Waals surface area contributed by atoms with E-state index >= 15 is 0 Å². The summed E-state index contributed by atoms with van der Waals surface area (Å²) in [6.07, 6.45) is 3.59. The molecule has 324 valence electrons. The Bertz CT molecular complexity index is 1870. The highest BCUT2D eigenvalue weighted by Gasteiger charge is 2.47. The van der Waals surface area contributed by atoms with E-state index in [9.17, 15) is 58.1 Å². The Morgan fingerprint density at radius 3 is 1.72 bits per heavy atom. The van der Waals surface area contributed by atoms with Gasteiger partial charge in [0, 0.05) is 89.8 Å². The fraction of sp³-hybridized carbons (Fsp3) is 0.550. The van der Waals surface area contributed by atoms with Gasteiger partial charge in [-0.1, -0.05) is 24.3 Å². The zero-order valence-corrected chi connectivity index (χ0v) is 33.3. The van der Waals surface area contributed by atoms with Crippen LogP contribution in [0.1, 0.15) is 41.1 Å². The van der Waals surface area contributed by atoms with Gasteiger partial charge in [-0.05, 0) is 36.0 Å². The zero-order chi connectivity index (χ0) is 43.4. The second-order valence-electron chi connectivity index (χ2n) is 15.4. The van der Waals surface area contributed by atoms with Crippen LogP contribution in [0.3, 0.4) is 0 Å². The summed E-state index contributed by atoms with van der Waals surface area (Å²) in [7, 11) is 0. The number of carbonyl (C=O) groups excluding carboxylic acids is 3. The molecule has 0 spiro atoms. The summed E-state index contributed by atoms with van der Waals surface area (Å²) in [6, 6.07) is 9.56. The predicted octanol–water partition coefficient (Wildman–Crippen LogP) is 0.420. The van der Waals surface area contributed by atoms with Crippen molar-refractivity contribution in [2.45, 2.75) is 37.1 Å². The Morgan fingerprint density at radius 1 is 0.733 bits per heavy atom. The number of hydrogen-bond donors (Lipinski definition) is 4. The zero-order valence-electron chi connectivity index (χ0n) is 33.3. The molecular formula is C40H51F2N9O9. The standard InChI is InChI=1S/C40H51F2N9O9/c41-40(42)19-31(20-43)51(27-40)34(52)22-45-39(60)32-5-8-44-21-33(32)30-3-1-28(2-4-30)29-6-9-50(10-7-29)35(53)23-46-11-13-47(24-36(54)55)15-17-49(26-38(58)59)18-16-48(14-12-46)25-37(56)57/h1-5,8,21,29,31H,6-7,9-19,22-27H2,(H,45,60)(H,54,55)(H,56,57)(H,58,59)/t31-/m0/s1. The smallest absolute Gasteiger partial charge is 0.317 e. The maximum absolute atomic E-state index is 13.8. The number of hydrogen-bond acceptors (Lipinski definition) is 12. The molecule has 3 fully saturated rings. The molecule has 3 amide bonds. The molecule has 3 saturated heterocycles. The molecule has 5 rings (SSSR count). The predicted molar refractivity (Wildman–Crippen MR) is 210 cm³/mol. The lowest BCUT2D eigenvalue weighted by Gasteiger charge is -2.35. The number of carboxylic acids is 3. The van der Waals surface area contributed by atoms with Crippen molar-refractivity contribution in [3.63, 3.8) is 0 Å². The summed E-state index contributed by atoms with van der Waals surface area (Å²) in [6.45, 7) is 1.34. The van der Waals surface area contributed by atoms with Crippen LogP contribution in [0, 0.1) is 11.3 Å². The molecule has 3 aliphatic heterocycles. The summed E-state index contributed by atoms with van der Waals surface area (Å²) in [5.74, 6) is -7.58. The van der Waals surface area contributed by atoms with Gasteiger partial charge in [0.2, 0.25) is 11.8 Å². The third-order valence-corrected chi connectivity index (χ3v) is 11.1. The Labute approximate surface area is 345 Å². The third-order valence-electron chi connectivity index (χ3n) is 11.1. The highest BCUT2D eigenvalue weighted by Crippen LogP contribution is 2.32. The molecule has 4 heterocycles. The number of likely N-dealkylation sites (tertiary alicyclic amines) is 2. The van der Waals surface area contributed by atoms with Crippen molar-refractivity contribution in [1.29, 1.82) is 5.26 Å². The lowest BCUT2D eigenvalue weighted by Crippen LogP contribution is -2.50. The lowest BCUT2D eigenvalue weighted by atomic mass is 9.88. The van der Waals surface area contributed by atoms with Gasteiger partial charge in [0.05, 0.1) is 50.9 Å². The van der Waals surface area contributed by atoms with Crippen molar-refractivity contribution in [3.05, 3.63) is 53.9 Å². The van der Waals surface area contributed by atoms with Crippen molar-refractivity contribution in [2.24, 2.45) is 0 Å². The van der Waals surface area contributed by atoms with Gasteiger partial charge in [0.1, 0.15) is 6.04 Å². The number of rotatable bonds is 13. The number of halogens is 2. The second-order valence-corrected chi connectivity index (χ2v) is 15.4. The highest BCUT2D eigenvalue weighted by atomic mass is 19.3. The van der Waals surface area contributed by atoms with Crippen LogP contribution in [-0.2, 0) is 24.0 Å². The van der Waals surface area contributed by atoms with Crippen molar-refractivity contribution in [1.82, 2.24) is 39.7 Å². The van der Waals surface area contributed by atoms with Crippen LogP contribution < -0.4 is 5.32 Å². The van der Waals surface area contributed by atoms with Gasteiger partial charge in [-0.3, -0.25) is 53.4 Å². The van der Waals surface area contributed by atoms with E-state index in [1.165, 1.54) is 18.5 Å². The number of amides is 3. The van der Waals surface area contributed by atoms with Crippen LogP contribution in [0.25, 0.3) is 11.1 Å². The molecule has 1 aromatic carbocycles. The molecule has 2 aromatic rings. The highest BCUT2D eigenvalue weighted by molar-refractivity contribution is 6.02. The third kappa shape index (κ3) is 13.2. The first-order valence-corrected chi connectivity index (χ1v) is 19.8. The van der Waals surface area contributed by atoms with Crippen LogP contribution in [-0.4, -0.2) is 202 Å². The van der Waals surface area contributed by atoms with Gasteiger partial charge in [0.25, 0.3) is 11.8 Å². The summed E-state index contributed by atoms with van der Waals surface area (Å²) in [5, 5.41) is 40.1. The van der Waals surface area contributed by atoms with Gasteiger partial charge in [-0.2, -0.15) is 5.26 Å². The van der Waals surface area contributed by atoms with Gasteiger partial charge in [0.15, 0.2) is 0 Å². The number of benzene rings is 1. The molecule has 0 aliphatic carbocycles. The first-order chi connectivity index (χ1) is 28.6. The molecular weight excluding hydrogens is 788 g/mol. The van der Waals surface area contributed by atoms with E-state index in [-0.39, 0.29) is 69.7 Å². The van der Waals surface area contributed by atoms with Crippen LogP contribution in [0.15, 0.2) is 42.7 Å². The molecule has 0 saturated carbocycles. The summed E-state index contributed by atoms with van der Waals surface area (Å²) in [4.78, 5) is 87.9. The molecule has 20 heteroatoms. The summed E-state index contributed by atoms with van der Waals surface area (Å²) in [5.41, 5.74) is 2.45. The number of nitrogens with one attached hydrogen (secondary N) is 1. The van der Waals surface area contributed by atoms with Crippen LogP contribution in [0.5, 0.6) is 0 Å². The fourth-order valence-corrected chi connectivity index (χ4v) is 7.84. The molecule has 3 aliphatic rings. The SMILES string of the molecule is N#C[C@@H]1CC(F)(F)CN1C(=O)CNC(=O)c1ccncc1-c1ccc(C2CCN(C(=O)CN3CCN(CC(=O)O)CCN(CC(=O)O)CCN(CC(=O)O)CC3)CC2)cc1. The number of pyridine rings is 1. The fourth-order valence-electron chi connectivity index (χ4n) is 7.84. The first-order valence-electron chi connectivity index (χ1n) is 19.8. The molecule has 0 radical (unpaired) electrons. The van der Waals surface area contributed by atoms with Gasteiger partial charge in [-0.25, -0.2) is 8.78 Å². The van der Waals surface area contributed by atoms with E-state index in [2.05, 4.69) is 10.3 Å². The number of aromatic nitrogens is 1. The Kier molecular flexibility index (Phi) is 16.0. The second kappa shape index (κ2) is 21.1. The van der Waals surface area contributed by atoms with E-state index in [1.807, 2.05) is 29.2 Å². The minimum atomic E-state index is -3.17. The number of carboxylic acid groups (broad SMARTS) is 3. The largest absolute Gasteiger partial charge is 0.480 e. The van der Waals surface area contributed by atoms with Crippen LogP contribution >= 0.6 is 0 Å². The topological polar surface area (TPSA) is 231 Å². The average Bonchev–Trinajstić information content (AvgIpc) is 3.54. The Morgan fingerprint density at radius 2 is 1.23 bits per heavy atom. The van der Waals surface area contributed by atoms with E-state index in [0.29, 0.717) is 63.2 Å². The average molecular weight is 840 g/mol. The maximum Gasteiger partial charge on any atom is 0.317 e. The summed E-state index contributed by atoms with van der Waals surface area (Å²) < 4.78 is 27.7. The van der Waals surface area contributed by atoms with Crippen molar-refractivity contribution >= 4 is 35.6 Å². The van der Waals surface area contributed by atoms with Crippen molar-refractivity contribution in [2.75, 3.05) is 105 Å². The number of piperidine rings is 1. The van der Waals surface area contributed by atoms with Gasteiger partial charge in [-0.15, -0.1) is 0 Å². The van der Waals surface area contributed by atoms with Gasteiger partial charge >= 0.3 is 17.9 Å². The normalized spacial score (nSPS) is 20.4. The minimum Gasteiger partial charge on any atom is -0.480 e. The Balaban J connectivity index is 1.16. The van der Waals surface area contributed by atoms with Crippen molar-refractivity contribution in [3.8, 4) is 17.2 Å². The number of nitriles is 1. The van der Waals surface area contributed by atoms with Gasteiger partial charge < -0.3 is 30.4 Å². The molecule has 60 heavy (non-hydrogen) atoms. The lowest BCUT2D eigenvalue weighted by molar-refractivity contribution is -0.140. The maximum atomic E-state index is 13.8. The molecule has 4 N–H and O–H groups in total. The van der Waals surface area contributed by atoms with Crippen LogP contribution in [0.2, 0.25) is 0 Å². The van der Waals surface area contributed by atoms with Crippen molar-refractivity contribution < 1.29 is 52.9 Å². The molecule has 1 atom stereocenters. The molecule has 0 unspecified atom stereocenters. The molecule has 18 nitrogen and oxygen atoms in total. The molecule has 1 aromatic heterocycles. The number of carbonyl (C=O) groups is 6. The quantitative estimate of drug-likeness (QED) is 0.214. The number of alkyl halides is 2. The number of aliphatic carboxylic acids is 3. The minimum absolute atomic E-state index is 0.0656. The van der Waals surface area contributed by atoms with E-state index in [4.69, 9.17) is 0 Å². The monoisotopic (exact) mass is 839 g/mol. The Hall–Kier alpha value is -5.62. The van der Waals surface area contributed by atoms with E-state index in [0.717, 1.165) is 10.5 Å². The first kappa shape index (κ1) is 45.5. The van der Waals surface area contributed by atoms with E-state index < -0.39 is 61.2 Å². The van der Waals surface area contributed by atoms with E-state index in [1.54, 1.807) is 25.7 Å². The molecule has 0 bridgehead atoms. The van der Waals surface area contributed by atoms with Crippen LogP contribution in [0.4, 0.5) is 8.78 Å². The summed E-state index contributed by atoms with van der Waals surface area (Å²) >= 11 is 0.